The van der Waals surface area contributed by atoms with Crippen molar-refractivity contribution < 1.29 is 4.79 Å². The minimum absolute atomic E-state index is 0.117. The number of thioether (sulfide) groups is 1. The second-order valence-corrected chi connectivity index (χ2v) is 8.85. The summed E-state index contributed by atoms with van der Waals surface area (Å²) in [6, 6.07) is 15.2. The first-order valence-electron chi connectivity index (χ1n) is 9.40. The van der Waals surface area contributed by atoms with Crippen LogP contribution in [0.25, 0.3) is 6.08 Å². The molecule has 0 saturated carbocycles. The number of fused-ring (bicyclic) bond motifs is 3. The third-order valence-corrected chi connectivity index (χ3v) is 6.76. The summed E-state index contributed by atoms with van der Waals surface area (Å²) < 4.78 is 0. The first kappa shape index (κ1) is 18.2. The number of hydrogen-bond donors (Lipinski definition) is 1. The molecule has 140 valence electrons. The first-order chi connectivity index (χ1) is 12.9. The molecule has 1 atom stereocenters. The highest BCUT2D eigenvalue weighted by atomic mass is 32.2. The molecule has 0 aliphatic carbocycles. The van der Waals surface area contributed by atoms with Gasteiger partial charge in [-0.3, -0.25) is 4.79 Å². The van der Waals surface area contributed by atoms with Crippen LogP contribution >= 0.6 is 11.8 Å². The Morgan fingerprint density at radius 1 is 1.15 bits per heavy atom. The summed E-state index contributed by atoms with van der Waals surface area (Å²) in [5, 5.41) is 3.34. The highest BCUT2D eigenvalue weighted by Gasteiger charge is 2.57. The van der Waals surface area contributed by atoms with E-state index < -0.39 is 5.66 Å². The summed E-state index contributed by atoms with van der Waals surface area (Å²) in [4.78, 5) is 16.1. The van der Waals surface area contributed by atoms with Crippen molar-refractivity contribution in [2.45, 2.75) is 43.2 Å². The van der Waals surface area contributed by atoms with Gasteiger partial charge in [-0.1, -0.05) is 49.8 Å². The van der Waals surface area contributed by atoms with E-state index in [-0.39, 0.29) is 11.3 Å². The minimum Gasteiger partial charge on any atom is -0.344 e. The van der Waals surface area contributed by atoms with Crippen LogP contribution in [0.3, 0.4) is 0 Å². The van der Waals surface area contributed by atoms with Crippen molar-refractivity contribution in [3.8, 4) is 0 Å². The number of hydrogen-bond acceptors (Lipinski definition) is 3. The van der Waals surface area contributed by atoms with Crippen LogP contribution in [0.1, 0.15) is 37.0 Å². The normalized spacial score (nSPS) is 23.3. The molecular weight excluding hydrogens is 352 g/mol. The Morgan fingerprint density at radius 2 is 1.89 bits per heavy atom. The Balaban J connectivity index is 1.81. The van der Waals surface area contributed by atoms with E-state index >= 15 is 0 Å². The van der Waals surface area contributed by atoms with Crippen LogP contribution in [-0.2, 0) is 10.2 Å². The highest BCUT2D eigenvalue weighted by Crippen LogP contribution is 2.52. The van der Waals surface area contributed by atoms with Gasteiger partial charge in [0.25, 0.3) is 0 Å². The number of aryl methyl sites for hydroxylation is 1. The van der Waals surface area contributed by atoms with Crippen LogP contribution < -0.4 is 10.2 Å². The van der Waals surface area contributed by atoms with Gasteiger partial charge in [-0.25, -0.2) is 0 Å². The van der Waals surface area contributed by atoms with Crippen LogP contribution in [0, 0.1) is 6.92 Å². The van der Waals surface area contributed by atoms with Gasteiger partial charge in [0.05, 0.1) is 0 Å². The van der Waals surface area contributed by atoms with E-state index in [4.69, 9.17) is 0 Å². The summed E-state index contributed by atoms with van der Waals surface area (Å²) in [6.45, 7) is 7.33. The van der Waals surface area contributed by atoms with Crippen molar-refractivity contribution in [2.75, 3.05) is 17.7 Å². The van der Waals surface area contributed by atoms with Gasteiger partial charge in [0.15, 0.2) is 0 Å². The fraction of sp³-hybridized carbons (Fsp3) is 0.348. The van der Waals surface area contributed by atoms with Gasteiger partial charge in [0.2, 0.25) is 5.91 Å². The van der Waals surface area contributed by atoms with Crippen molar-refractivity contribution in [1.29, 1.82) is 0 Å². The lowest BCUT2D eigenvalue weighted by Gasteiger charge is -2.49. The Labute approximate surface area is 165 Å². The molecule has 0 radical (unpaired) electrons. The first-order valence-corrected chi connectivity index (χ1v) is 10.6. The van der Waals surface area contributed by atoms with E-state index in [9.17, 15) is 4.79 Å². The summed E-state index contributed by atoms with van der Waals surface area (Å²) in [5.74, 6) is 0.117. The molecule has 0 spiro atoms. The highest BCUT2D eigenvalue weighted by molar-refractivity contribution is 7.98. The van der Waals surface area contributed by atoms with Crippen molar-refractivity contribution in [3.63, 3.8) is 0 Å². The molecule has 4 heteroatoms. The van der Waals surface area contributed by atoms with Gasteiger partial charge in [0.1, 0.15) is 5.66 Å². The third kappa shape index (κ3) is 2.78. The molecule has 27 heavy (non-hydrogen) atoms. The second-order valence-electron chi connectivity index (χ2n) is 7.97. The summed E-state index contributed by atoms with van der Waals surface area (Å²) in [7, 11) is 0. The molecule has 2 aliphatic rings. The number of nitrogens with zero attached hydrogens (tertiary/aromatic N) is 1. The van der Waals surface area contributed by atoms with Crippen LogP contribution in [0.15, 0.2) is 53.4 Å². The molecule has 0 aromatic heterocycles. The van der Waals surface area contributed by atoms with Crippen LogP contribution in [-0.4, -0.2) is 24.4 Å². The summed E-state index contributed by atoms with van der Waals surface area (Å²) in [5.41, 5.74) is 4.14. The SMILES string of the molecule is CSc1ccc(C=CC23NC(=O)CCN2c2ccc(C)cc2C3(C)C)cc1. The van der Waals surface area contributed by atoms with Gasteiger partial charge < -0.3 is 10.2 Å². The maximum absolute atomic E-state index is 12.4. The molecule has 0 bridgehead atoms. The summed E-state index contributed by atoms with van der Waals surface area (Å²) in [6.07, 6.45) is 6.94. The van der Waals surface area contributed by atoms with Crippen molar-refractivity contribution >= 4 is 29.4 Å². The fourth-order valence-electron chi connectivity index (χ4n) is 4.40. The van der Waals surface area contributed by atoms with Gasteiger partial charge in [-0.2, -0.15) is 0 Å². The Morgan fingerprint density at radius 3 is 2.59 bits per heavy atom. The molecule has 1 fully saturated rings. The maximum atomic E-state index is 12.4. The predicted molar refractivity (Wildman–Crippen MR) is 114 cm³/mol. The van der Waals surface area contributed by atoms with Crippen molar-refractivity contribution in [3.05, 3.63) is 65.2 Å². The number of carbonyl (C=O) groups is 1. The second kappa shape index (κ2) is 6.45. The molecule has 1 saturated heterocycles. The van der Waals surface area contributed by atoms with E-state index in [2.05, 4.69) is 91.9 Å². The van der Waals surface area contributed by atoms with E-state index in [0.717, 1.165) is 12.1 Å². The molecule has 2 aromatic carbocycles. The quantitative estimate of drug-likeness (QED) is 0.783. The largest absolute Gasteiger partial charge is 0.344 e. The van der Waals surface area contributed by atoms with E-state index in [1.165, 1.54) is 21.7 Å². The van der Waals surface area contributed by atoms with Crippen molar-refractivity contribution in [2.24, 2.45) is 0 Å². The molecule has 4 rings (SSSR count). The van der Waals surface area contributed by atoms with Gasteiger partial charge >= 0.3 is 0 Å². The Hall–Kier alpha value is -2.20. The molecular formula is C23H26N2OS. The zero-order valence-electron chi connectivity index (χ0n) is 16.4. The maximum Gasteiger partial charge on any atom is 0.223 e. The number of nitrogens with one attached hydrogen (secondary N) is 1. The molecule has 1 N–H and O–H groups in total. The fourth-order valence-corrected chi connectivity index (χ4v) is 4.81. The predicted octanol–water partition coefficient (Wildman–Crippen LogP) is 4.74. The molecule has 2 aliphatic heterocycles. The van der Waals surface area contributed by atoms with Gasteiger partial charge in [0, 0.05) is 29.0 Å². The monoisotopic (exact) mass is 378 g/mol. The minimum atomic E-state index is -0.545. The van der Waals surface area contributed by atoms with Crippen LogP contribution in [0.2, 0.25) is 0 Å². The molecule has 1 unspecified atom stereocenters. The average Bonchev–Trinajstić information content (AvgIpc) is 2.84. The molecule has 1 amide bonds. The lowest BCUT2D eigenvalue weighted by Crippen LogP contribution is -2.68. The topological polar surface area (TPSA) is 32.3 Å². The zero-order chi connectivity index (χ0) is 19.2. The number of amides is 1. The standard InChI is InChI=1S/C23H26N2OS/c1-16-5-10-20-19(15-16)22(2,3)23(24-21(26)12-14-25(20)23)13-11-17-6-8-18(27-4)9-7-17/h5-11,13,15H,12,14H2,1-4H3,(H,24,26). The van der Waals surface area contributed by atoms with Crippen LogP contribution in [0.5, 0.6) is 0 Å². The van der Waals surface area contributed by atoms with Crippen LogP contribution in [0.4, 0.5) is 5.69 Å². The smallest absolute Gasteiger partial charge is 0.223 e. The lowest BCUT2D eigenvalue weighted by molar-refractivity contribution is -0.124. The molecule has 2 aromatic rings. The third-order valence-electron chi connectivity index (χ3n) is 6.02. The molecule has 2 heterocycles. The van der Waals surface area contributed by atoms with Gasteiger partial charge in [-0.15, -0.1) is 11.8 Å². The van der Waals surface area contributed by atoms with E-state index in [1.54, 1.807) is 11.8 Å². The number of anilines is 1. The molecule has 3 nitrogen and oxygen atoms in total. The van der Waals surface area contributed by atoms with Crippen molar-refractivity contribution in [1.82, 2.24) is 5.32 Å². The van der Waals surface area contributed by atoms with E-state index in [0.29, 0.717) is 6.42 Å². The Kier molecular flexibility index (Phi) is 4.34. The lowest BCUT2D eigenvalue weighted by atomic mass is 9.74. The Bertz CT molecular complexity index is 916. The van der Waals surface area contributed by atoms with Gasteiger partial charge in [-0.05, 0) is 48.6 Å². The number of benzene rings is 2. The summed E-state index contributed by atoms with van der Waals surface area (Å²) >= 11 is 1.74. The number of rotatable bonds is 3. The van der Waals surface area contributed by atoms with E-state index in [1.807, 2.05) is 0 Å². The zero-order valence-corrected chi connectivity index (χ0v) is 17.2. The average molecular weight is 379 g/mol. The number of carbonyl (C=O) groups excluding carboxylic acids is 1.